The molecule has 2 aromatic carbocycles. The first kappa shape index (κ1) is 18.5. The zero-order chi connectivity index (χ0) is 18.7. The highest BCUT2D eigenvalue weighted by Gasteiger charge is 2.36. The largest absolute Gasteiger partial charge is 0.410 e. The van der Waals surface area contributed by atoms with Gasteiger partial charge in [-0.15, -0.1) is 0 Å². The maximum Gasteiger partial charge on any atom is 0.296 e. The smallest absolute Gasteiger partial charge is 0.296 e. The molecule has 3 rings (SSSR count). The molecule has 1 heterocycles. The van der Waals surface area contributed by atoms with Gasteiger partial charge in [-0.05, 0) is 36.1 Å². The monoisotopic (exact) mass is 390 g/mol. The van der Waals surface area contributed by atoms with E-state index in [2.05, 4.69) is 5.16 Å². The number of hydrogen-bond acceptors (Lipinski definition) is 6. The third-order valence-electron chi connectivity index (χ3n) is 4.24. The average molecular weight is 390 g/mol. The van der Waals surface area contributed by atoms with Crippen molar-refractivity contribution in [2.75, 3.05) is 12.3 Å². The Balaban J connectivity index is 1.98. The van der Waals surface area contributed by atoms with Crippen molar-refractivity contribution < 1.29 is 18.4 Å². The predicted octanol–water partition coefficient (Wildman–Crippen LogP) is 2.64. The van der Waals surface area contributed by atoms with Crippen LogP contribution in [0.3, 0.4) is 0 Å². The lowest BCUT2D eigenvalue weighted by Crippen LogP contribution is -2.45. The number of oxime groups is 1. The van der Waals surface area contributed by atoms with Crippen molar-refractivity contribution in [2.24, 2.45) is 5.16 Å². The van der Waals surface area contributed by atoms with Crippen molar-refractivity contribution in [3.05, 3.63) is 65.2 Å². The van der Waals surface area contributed by atoms with Crippen LogP contribution in [-0.4, -0.2) is 41.2 Å². The molecule has 0 spiro atoms. The van der Waals surface area contributed by atoms with Crippen LogP contribution in [0.25, 0.3) is 0 Å². The van der Waals surface area contributed by atoms with Crippen molar-refractivity contribution in [1.29, 1.82) is 0 Å². The van der Waals surface area contributed by atoms with Crippen LogP contribution in [-0.2, 0) is 21.2 Å². The fraction of sp³-hybridized carbons (Fsp3) is 0.222. The second-order valence-corrected chi connectivity index (χ2v) is 8.75. The van der Waals surface area contributed by atoms with Gasteiger partial charge in [0.1, 0.15) is 0 Å². The zero-order valence-electron chi connectivity index (χ0n) is 14.1. The predicted molar refractivity (Wildman–Crippen MR) is 101 cm³/mol. The Morgan fingerprint density at radius 3 is 2.58 bits per heavy atom. The lowest BCUT2D eigenvalue weighted by molar-refractivity contribution is -0.119. The summed E-state index contributed by atoms with van der Waals surface area (Å²) in [5.74, 6) is -0.441. The third kappa shape index (κ3) is 3.47. The number of nitrogens with zero attached hydrogens (tertiary/aromatic N) is 2. The van der Waals surface area contributed by atoms with Crippen LogP contribution in [0.2, 0.25) is 0 Å². The third-order valence-corrected chi connectivity index (χ3v) is 7.08. The molecule has 1 saturated heterocycles. The van der Waals surface area contributed by atoms with Crippen molar-refractivity contribution >= 4 is 32.7 Å². The number of thioether (sulfide) groups is 1. The molecule has 8 heteroatoms. The SMILES string of the molecule is Cc1c(Cc2ccccc2)cccc1S(=O)(=O)N1CCS/C(=N\O)C1=O. The Morgan fingerprint density at radius 1 is 1.15 bits per heavy atom. The number of hydrogen-bond donors (Lipinski definition) is 1. The van der Waals surface area contributed by atoms with E-state index in [9.17, 15) is 13.2 Å². The lowest BCUT2D eigenvalue weighted by atomic mass is 10.0. The summed E-state index contributed by atoms with van der Waals surface area (Å²) in [4.78, 5) is 12.4. The van der Waals surface area contributed by atoms with Crippen LogP contribution in [0.1, 0.15) is 16.7 Å². The van der Waals surface area contributed by atoms with Crippen LogP contribution in [0.15, 0.2) is 58.6 Å². The Bertz CT molecular complexity index is 956. The molecule has 0 saturated carbocycles. The molecule has 6 nitrogen and oxygen atoms in total. The molecule has 0 atom stereocenters. The molecular weight excluding hydrogens is 372 g/mol. The number of rotatable bonds is 4. The van der Waals surface area contributed by atoms with Gasteiger partial charge in [-0.25, -0.2) is 12.7 Å². The highest BCUT2D eigenvalue weighted by Crippen LogP contribution is 2.27. The Labute approximate surface area is 156 Å². The molecule has 0 radical (unpaired) electrons. The average Bonchev–Trinajstić information content (AvgIpc) is 2.64. The van der Waals surface area contributed by atoms with Gasteiger partial charge < -0.3 is 5.21 Å². The molecular formula is C18H18N2O4S2. The molecule has 1 aliphatic rings. The summed E-state index contributed by atoms with van der Waals surface area (Å²) in [5.41, 5.74) is 2.57. The molecule has 26 heavy (non-hydrogen) atoms. The van der Waals surface area contributed by atoms with Gasteiger partial charge in [0.15, 0.2) is 0 Å². The second-order valence-electron chi connectivity index (χ2n) is 5.84. The van der Waals surface area contributed by atoms with Crippen LogP contribution >= 0.6 is 11.8 Å². The summed E-state index contributed by atoms with van der Waals surface area (Å²) in [6.45, 7) is 1.79. The lowest BCUT2D eigenvalue weighted by Gasteiger charge is -2.27. The molecule has 1 fully saturated rings. The molecule has 2 aromatic rings. The van der Waals surface area contributed by atoms with E-state index in [0.29, 0.717) is 17.7 Å². The molecule has 0 bridgehead atoms. The van der Waals surface area contributed by atoms with Crippen LogP contribution < -0.4 is 0 Å². The van der Waals surface area contributed by atoms with E-state index in [1.54, 1.807) is 13.0 Å². The topological polar surface area (TPSA) is 87.0 Å². The van der Waals surface area contributed by atoms with E-state index in [1.807, 2.05) is 36.4 Å². The standard InChI is InChI=1S/C18H18N2O4S2/c1-13-15(12-14-6-3-2-4-7-14)8-5-9-16(13)26(23,24)20-10-11-25-17(19-22)18(20)21/h2-9,22H,10-12H2,1H3/b19-17-. The summed E-state index contributed by atoms with van der Waals surface area (Å²) < 4.78 is 26.9. The number of carbonyl (C=O) groups is 1. The van der Waals surface area contributed by atoms with E-state index >= 15 is 0 Å². The van der Waals surface area contributed by atoms with E-state index < -0.39 is 15.9 Å². The first-order valence-corrected chi connectivity index (χ1v) is 10.4. The highest BCUT2D eigenvalue weighted by atomic mass is 32.2. The molecule has 136 valence electrons. The Kier molecular flexibility index (Phi) is 5.33. The van der Waals surface area contributed by atoms with Crippen molar-refractivity contribution in [2.45, 2.75) is 18.2 Å². The van der Waals surface area contributed by atoms with Crippen molar-refractivity contribution in [1.82, 2.24) is 4.31 Å². The maximum absolute atomic E-state index is 13.0. The van der Waals surface area contributed by atoms with Gasteiger partial charge in [0.2, 0.25) is 5.04 Å². The Morgan fingerprint density at radius 2 is 1.88 bits per heavy atom. The zero-order valence-corrected chi connectivity index (χ0v) is 15.8. The van der Waals surface area contributed by atoms with E-state index in [4.69, 9.17) is 5.21 Å². The molecule has 1 aliphatic heterocycles. The van der Waals surface area contributed by atoms with Crippen molar-refractivity contribution in [3.63, 3.8) is 0 Å². The summed E-state index contributed by atoms with van der Waals surface area (Å²) in [5, 5.41) is 11.6. The highest BCUT2D eigenvalue weighted by molar-refractivity contribution is 8.16. The normalized spacial score (nSPS) is 16.9. The summed E-state index contributed by atoms with van der Waals surface area (Å²) >= 11 is 1.04. The molecule has 0 unspecified atom stereocenters. The van der Waals surface area contributed by atoms with Crippen LogP contribution in [0.5, 0.6) is 0 Å². The quantitative estimate of drug-likeness (QED) is 0.641. The fourth-order valence-electron chi connectivity index (χ4n) is 2.86. The first-order chi connectivity index (χ1) is 12.4. The van der Waals surface area contributed by atoms with Crippen LogP contribution in [0.4, 0.5) is 0 Å². The van der Waals surface area contributed by atoms with Gasteiger partial charge in [-0.2, -0.15) is 0 Å². The van der Waals surface area contributed by atoms with E-state index in [1.165, 1.54) is 6.07 Å². The van der Waals surface area contributed by atoms with Gasteiger partial charge in [0.25, 0.3) is 15.9 Å². The molecule has 0 aromatic heterocycles. The van der Waals surface area contributed by atoms with Gasteiger partial charge >= 0.3 is 0 Å². The fourth-order valence-corrected chi connectivity index (χ4v) is 5.44. The molecule has 0 aliphatic carbocycles. The second kappa shape index (κ2) is 7.51. The number of benzene rings is 2. The molecule has 1 amide bonds. The minimum absolute atomic E-state index is 0.0488. The van der Waals surface area contributed by atoms with Gasteiger partial charge in [0, 0.05) is 12.3 Å². The minimum Gasteiger partial charge on any atom is -0.410 e. The summed E-state index contributed by atoms with van der Waals surface area (Å²) in [7, 11) is -4.02. The Hall–Kier alpha value is -2.32. The summed E-state index contributed by atoms with van der Waals surface area (Å²) in [6.07, 6.45) is 0.600. The van der Waals surface area contributed by atoms with Gasteiger partial charge in [0.05, 0.1) is 4.90 Å². The van der Waals surface area contributed by atoms with E-state index in [0.717, 1.165) is 27.2 Å². The first-order valence-electron chi connectivity index (χ1n) is 7.99. The number of carbonyl (C=O) groups excluding carboxylic acids is 1. The number of amides is 1. The maximum atomic E-state index is 13.0. The van der Waals surface area contributed by atoms with Gasteiger partial charge in [-0.3, -0.25) is 4.79 Å². The minimum atomic E-state index is -4.02. The summed E-state index contributed by atoms with van der Waals surface area (Å²) in [6, 6.07) is 14.8. The van der Waals surface area contributed by atoms with Crippen LogP contribution in [0, 0.1) is 6.92 Å². The molecule has 1 N–H and O–H groups in total. The van der Waals surface area contributed by atoms with E-state index in [-0.39, 0.29) is 16.5 Å². The van der Waals surface area contributed by atoms with Crippen molar-refractivity contribution in [3.8, 4) is 0 Å². The van der Waals surface area contributed by atoms with Gasteiger partial charge in [-0.1, -0.05) is 59.4 Å². The number of sulfonamides is 1.